The summed E-state index contributed by atoms with van der Waals surface area (Å²) in [4.78, 5) is 31.1. The second-order valence-electron chi connectivity index (χ2n) is 5.17. The highest BCUT2D eigenvalue weighted by Crippen LogP contribution is 2.42. The Bertz CT molecular complexity index is 651. The lowest BCUT2D eigenvalue weighted by atomic mass is 9.97. The molecule has 9 nitrogen and oxygen atoms in total. The number of nitrogens with two attached hydrogens (primary N) is 1. The zero-order valence-corrected chi connectivity index (χ0v) is 12.0. The van der Waals surface area contributed by atoms with Crippen molar-refractivity contribution in [2.24, 2.45) is 17.9 Å². The van der Waals surface area contributed by atoms with Gasteiger partial charge in [0.25, 0.3) is 0 Å². The standard InChI is InChI=1S/C12H16N6O3/c1-6(19)21-15-11(13)10-9-7(4-14-17(9)3)8-5-18(10)12(20)16(8)2/h4,8,10H,5H2,1-3H3,(H2,13,15)/t8-,10-/m0/s1. The fourth-order valence-electron chi connectivity index (χ4n) is 2.92. The molecule has 112 valence electrons. The molecule has 2 bridgehead atoms. The van der Waals surface area contributed by atoms with Crippen LogP contribution in [0.15, 0.2) is 11.4 Å². The van der Waals surface area contributed by atoms with Gasteiger partial charge in [-0.3, -0.25) is 4.68 Å². The van der Waals surface area contributed by atoms with Crippen LogP contribution in [-0.4, -0.2) is 51.0 Å². The molecule has 1 aromatic heterocycles. The summed E-state index contributed by atoms with van der Waals surface area (Å²) in [5.41, 5.74) is 7.68. The largest absolute Gasteiger partial charge is 0.382 e. The zero-order valence-electron chi connectivity index (χ0n) is 12.0. The highest BCUT2D eigenvalue weighted by Gasteiger charge is 2.49. The van der Waals surface area contributed by atoms with Crippen LogP contribution in [0.2, 0.25) is 0 Å². The summed E-state index contributed by atoms with van der Waals surface area (Å²) >= 11 is 0. The van der Waals surface area contributed by atoms with Crippen LogP contribution < -0.4 is 5.73 Å². The lowest BCUT2D eigenvalue weighted by molar-refractivity contribution is -0.141. The number of aryl methyl sites for hydroxylation is 1. The Labute approximate surface area is 120 Å². The number of hydrogen-bond acceptors (Lipinski definition) is 5. The summed E-state index contributed by atoms with van der Waals surface area (Å²) in [5, 5.41) is 7.87. The van der Waals surface area contributed by atoms with Crippen molar-refractivity contribution < 1.29 is 14.4 Å². The molecule has 2 N–H and O–H groups in total. The van der Waals surface area contributed by atoms with Gasteiger partial charge < -0.3 is 20.4 Å². The van der Waals surface area contributed by atoms with E-state index in [9.17, 15) is 9.59 Å². The predicted molar refractivity (Wildman–Crippen MR) is 71.9 cm³/mol. The van der Waals surface area contributed by atoms with Crippen LogP contribution in [0, 0.1) is 0 Å². The lowest BCUT2D eigenvalue weighted by Gasteiger charge is -2.30. The van der Waals surface area contributed by atoms with E-state index in [1.54, 1.807) is 34.8 Å². The first-order chi connectivity index (χ1) is 9.91. The average molecular weight is 292 g/mol. The molecule has 3 heterocycles. The van der Waals surface area contributed by atoms with Crippen LogP contribution in [-0.2, 0) is 16.7 Å². The normalized spacial score (nSPS) is 24.3. The third-order valence-corrected chi connectivity index (χ3v) is 3.89. The molecule has 1 aromatic rings. The number of nitrogens with zero attached hydrogens (tertiary/aromatic N) is 5. The topological polar surface area (TPSA) is 106 Å². The van der Waals surface area contributed by atoms with Gasteiger partial charge in [0.05, 0.1) is 17.9 Å². The third kappa shape index (κ3) is 1.84. The molecule has 0 aromatic carbocycles. The molecule has 9 heteroatoms. The first-order valence-electron chi connectivity index (χ1n) is 6.48. The average Bonchev–Trinajstić information content (AvgIpc) is 2.93. The molecule has 0 spiro atoms. The second-order valence-corrected chi connectivity index (χ2v) is 5.17. The Hall–Kier alpha value is -2.58. The van der Waals surface area contributed by atoms with Crippen molar-refractivity contribution in [3.05, 3.63) is 17.5 Å². The van der Waals surface area contributed by atoms with Crippen molar-refractivity contribution in [2.45, 2.75) is 19.0 Å². The maximum Gasteiger partial charge on any atom is 0.332 e. The lowest BCUT2D eigenvalue weighted by Crippen LogP contribution is -2.42. The molecule has 2 aliphatic heterocycles. The van der Waals surface area contributed by atoms with Gasteiger partial charge >= 0.3 is 12.0 Å². The number of oxime groups is 1. The Balaban J connectivity index is 2.07. The molecule has 1 fully saturated rings. The summed E-state index contributed by atoms with van der Waals surface area (Å²) in [6.07, 6.45) is 1.73. The van der Waals surface area contributed by atoms with Crippen molar-refractivity contribution in [1.29, 1.82) is 0 Å². The van der Waals surface area contributed by atoms with E-state index in [0.29, 0.717) is 6.54 Å². The predicted octanol–water partition coefficient (Wildman–Crippen LogP) is -0.281. The number of carbonyl (C=O) groups excluding carboxylic acids is 2. The van der Waals surface area contributed by atoms with Crippen molar-refractivity contribution in [3.63, 3.8) is 0 Å². The highest BCUT2D eigenvalue weighted by molar-refractivity contribution is 5.93. The molecule has 0 radical (unpaired) electrons. The minimum Gasteiger partial charge on any atom is -0.382 e. The fraction of sp³-hybridized carbons (Fsp3) is 0.500. The highest BCUT2D eigenvalue weighted by atomic mass is 16.7. The van der Waals surface area contributed by atoms with Gasteiger partial charge in [-0.05, 0) is 0 Å². The summed E-state index contributed by atoms with van der Waals surface area (Å²) in [5.74, 6) is -0.515. The first-order valence-corrected chi connectivity index (χ1v) is 6.48. The summed E-state index contributed by atoms with van der Waals surface area (Å²) < 4.78 is 1.67. The molecular weight excluding hydrogens is 276 g/mol. The van der Waals surface area contributed by atoms with Crippen molar-refractivity contribution >= 4 is 17.8 Å². The van der Waals surface area contributed by atoms with Gasteiger partial charge in [-0.1, -0.05) is 5.16 Å². The molecule has 0 unspecified atom stereocenters. The Kier molecular flexibility index (Phi) is 2.85. The molecule has 1 saturated heterocycles. The Morgan fingerprint density at radius 3 is 2.90 bits per heavy atom. The number of amides is 2. The quantitative estimate of drug-likeness (QED) is 0.349. The molecule has 0 aliphatic carbocycles. The van der Waals surface area contributed by atoms with Crippen molar-refractivity contribution in [1.82, 2.24) is 19.6 Å². The van der Waals surface area contributed by atoms with Crippen LogP contribution in [0.4, 0.5) is 4.79 Å². The van der Waals surface area contributed by atoms with Crippen LogP contribution in [0.3, 0.4) is 0 Å². The van der Waals surface area contributed by atoms with E-state index < -0.39 is 12.0 Å². The molecule has 21 heavy (non-hydrogen) atoms. The number of fused-ring (bicyclic) bond motifs is 4. The van der Waals surface area contributed by atoms with Crippen molar-refractivity contribution in [3.8, 4) is 0 Å². The number of likely N-dealkylation sites (N-methyl/N-ethyl adjacent to an activating group) is 1. The molecule has 2 amide bonds. The van der Waals surface area contributed by atoms with Crippen LogP contribution >= 0.6 is 0 Å². The van der Waals surface area contributed by atoms with Crippen LogP contribution in [0.25, 0.3) is 0 Å². The van der Waals surface area contributed by atoms with E-state index in [1.807, 2.05) is 0 Å². The van der Waals surface area contributed by atoms with Crippen molar-refractivity contribution in [2.75, 3.05) is 13.6 Å². The van der Waals surface area contributed by atoms with Gasteiger partial charge in [-0.2, -0.15) is 5.10 Å². The summed E-state index contributed by atoms with van der Waals surface area (Å²) in [7, 11) is 3.52. The van der Waals surface area contributed by atoms with Crippen LogP contribution in [0.1, 0.15) is 30.3 Å². The summed E-state index contributed by atoms with van der Waals surface area (Å²) in [6.45, 7) is 1.74. The van der Waals surface area contributed by atoms with Gasteiger partial charge in [0.1, 0.15) is 6.04 Å². The van der Waals surface area contributed by atoms with Gasteiger partial charge in [0.2, 0.25) is 0 Å². The van der Waals surface area contributed by atoms with Crippen LogP contribution in [0.5, 0.6) is 0 Å². The zero-order chi connectivity index (χ0) is 15.3. The van der Waals surface area contributed by atoms with Gasteiger partial charge in [0, 0.05) is 33.1 Å². The van der Waals surface area contributed by atoms with E-state index in [1.165, 1.54) is 6.92 Å². The van der Waals surface area contributed by atoms with E-state index in [0.717, 1.165) is 11.3 Å². The number of hydrogen-bond donors (Lipinski definition) is 1. The number of rotatable bonds is 2. The molecular formula is C12H16N6O3. The van der Waals surface area contributed by atoms with E-state index in [-0.39, 0.29) is 17.9 Å². The summed E-state index contributed by atoms with van der Waals surface area (Å²) in [6, 6.07) is -0.762. The Morgan fingerprint density at radius 2 is 2.24 bits per heavy atom. The number of urea groups is 1. The second kappa shape index (κ2) is 4.47. The number of amidine groups is 1. The number of aromatic nitrogens is 2. The molecule has 2 atom stereocenters. The minimum absolute atomic E-state index is 0.0426. The van der Waals surface area contributed by atoms with Gasteiger partial charge in [-0.25, -0.2) is 9.59 Å². The minimum atomic E-state index is -0.583. The van der Waals surface area contributed by atoms with E-state index in [4.69, 9.17) is 5.73 Å². The fourth-order valence-corrected chi connectivity index (χ4v) is 2.92. The molecule has 0 saturated carbocycles. The SMILES string of the molecule is CC(=O)O/N=C(\N)[C@@H]1c2c(cnn2C)[C@@H]2CN1C(=O)N2C. The van der Waals surface area contributed by atoms with E-state index in [2.05, 4.69) is 15.1 Å². The van der Waals surface area contributed by atoms with Gasteiger partial charge in [0.15, 0.2) is 5.84 Å². The molecule has 2 aliphatic rings. The maximum absolute atomic E-state index is 12.3. The monoisotopic (exact) mass is 292 g/mol. The van der Waals surface area contributed by atoms with E-state index >= 15 is 0 Å². The van der Waals surface area contributed by atoms with Gasteiger partial charge in [-0.15, -0.1) is 0 Å². The smallest absolute Gasteiger partial charge is 0.332 e. The Morgan fingerprint density at radius 1 is 1.52 bits per heavy atom. The first kappa shape index (κ1) is 13.4. The maximum atomic E-state index is 12.3. The molecule has 3 rings (SSSR count). The third-order valence-electron chi connectivity index (χ3n) is 3.89. The number of carbonyl (C=O) groups is 2.